The first-order chi connectivity index (χ1) is 9.76. The van der Waals surface area contributed by atoms with Crippen LogP contribution in [0.3, 0.4) is 0 Å². The minimum Gasteiger partial charge on any atom is -0.494 e. The average molecular weight is 272 g/mol. The highest BCUT2D eigenvalue weighted by Crippen LogP contribution is 2.23. The van der Waals surface area contributed by atoms with E-state index in [1.165, 1.54) is 0 Å². The van der Waals surface area contributed by atoms with Gasteiger partial charge in [0.05, 0.1) is 6.61 Å². The van der Waals surface area contributed by atoms with E-state index < -0.39 is 0 Å². The quantitative estimate of drug-likeness (QED) is 0.878. The van der Waals surface area contributed by atoms with Crippen molar-refractivity contribution in [1.29, 1.82) is 0 Å². The fourth-order valence-electron chi connectivity index (χ4n) is 2.28. The van der Waals surface area contributed by atoms with Crippen LogP contribution < -0.4 is 10.1 Å². The van der Waals surface area contributed by atoms with Gasteiger partial charge >= 0.3 is 0 Å². The van der Waals surface area contributed by atoms with E-state index >= 15 is 0 Å². The van der Waals surface area contributed by atoms with Crippen LogP contribution in [0.2, 0.25) is 0 Å². The van der Waals surface area contributed by atoms with Crippen LogP contribution in [0, 0.1) is 0 Å². The Morgan fingerprint density at radius 2 is 2.25 bits per heavy atom. The predicted octanol–water partition coefficient (Wildman–Crippen LogP) is 2.71. The molecule has 20 heavy (non-hydrogen) atoms. The molecule has 3 rings (SSSR count). The van der Waals surface area contributed by atoms with Gasteiger partial charge in [0.2, 0.25) is 5.91 Å². The number of ether oxygens (including phenoxy) is 1. The molecule has 0 spiro atoms. The van der Waals surface area contributed by atoms with Crippen molar-refractivity contribution in [2.45, 2.75) is 38.8 Å². The van der Waals surface area contributed by atoms with E-state index in [9.17, 15) is 4.79 Å². The normalized spacial score (nSPS) is 14.4. The third-order valence-corrected chi connectivity index (χ3v) is 3.47. The molecule has 4 nitrogen and oxygen atoms in total. The molecule has 1 aromatic carbocycles. The van der Waals surface area contributed by atoms with Crippen molar-refractivity contribution in [3.8, 4) is 5.75 Å². The van der Waals surface area contributed by atoms with Gasteiger partial charge < -0.3 is 14.6 Å². The van der Waals surface area contributed by atoms with Gasteiger partial charge in [0.15, 0.2) is 0 Å². The molecule has 1 aliphatic rings. The van der Waals surface area contributed by atoms with E-state index in [-0.39, 0.29) is 5.91 Å². The summed E-state index contributed by atoms with van der Waals surface area (Å²) in [5.41, 5.74) is 1.07. The number of nitrogens with one attached hydrogen (secondary N) is 1. The monoisotopic (exact) mass is 272 g/mol. The Balaban J connectivity index is 1.73. The maximum absolute atomic E-state index is 11.9. The smallest absolute Gasteiger partial charge is 0.240 e. The Bertz CT molecular complexity index is 614. The van der Waals surface area contributed by atoms with E-state index in [1.807, 2.05) is 35.0 Å². The summed E-state index contributed by atoms with van der Waals surface area (Å²) in [7, 11) is 0. The maximum Gasteiger partial charge on any atom is 0.240 e. The molecule has 2 aromatic rings. The van der Waals surface area contributed by atoms with Gasteiger partial charge in [0.25, 0.3) is 0 Å². The number of rotatable bonds is 6. The lowest BCUT2D eigenvalue weighted by Gasteiger charge is -2.07. The molecule has 0 atom stereocenters. The molecule has 0 radical (unpaired) electrons. The highest BCUT2D eigenvalue weighted by atomic mass is 16.5. The van der Waals surface area contributed by atoms with Crippen molar-refractivity contribution >= 4 is 16.8 Å². The lowest BCUT2D eigenvalue weighted by Crippen LogP contribution is -2.28. The topological polar surface area (TPSA) is 43.3 Å². The van der Waals surface area contributed by atoms with Gasteiger partial charge in [-0.25, -0.2) is 0 Å². The van der Waals surface area contributed by atoms with Gasteiger partial charge in [0.1, 0.15) is 12.3 Å². The van der Waals surface area contributed by atoms with Gasteiger partial charge in [-0.3, -0.25) is 4.79 Å². The lowest BCUT2D eigenvalue weighted by molar-refractivity contribution is -0.121. The molecular formula is C16H20N2O2. The minimum atomic E-state index is 0.0938. The second kappa shape index (κ2) is 5.57. The van der Waals surface area contributed by atoms with Gasteiger partial charge in [0, 0.05) is 23.1 Å². The SMILES string of the molecule is CCCOc1ccc2c(ccn2CC(=O)NC2CC2)c1. The standard InChI is InChI=1S/C16H20N2O2/c1-2-9-20-14-5-6-15-12(10-14)7-8-18(15)11-16(19)17-13-3-4-13/h5-8,10,13H,2-4,9,11H2,1H3,(H,17,19). The predicted molar refractivity (Wildman–Crippen MR) is 78.9 cm³/mol. The van der Waals surface area contributed by atoms with Crippen molar-refractivity contribution in [1.82, 2.24) is 9.88 Å². The number of amides is 1. The summed E-state index contributed by atoms with van der Waals surface area (Å²) in [4.78, 5) is 11.9. The molecule has 0 aliphatic heterocycles. The molecule has 0 bridgehead atoms. The average Bonchev–Trinajstić information content (AvgIpc) is 3.17. The van der Waals surface area contributed by atoms with Crippen LogP contribution in [0.5, 0.6) is 5.75 Å². The molecule has 4 heteroatoms. The summed E-state index contributed by atoms with van der Waals surface area (Å²) in [5.74, 6) is 0.982. The zero-order valence-electron chi connectivity index (χ0n) is 11.8. The highest BCUT2D eigenvalue weighted by Gasteiger charge is 2.23. The largest absolute Gasteiger partial charge is 0.494 e. The number of hydrogen-bond donors (Lipinski definition) is 1. The Kier molecular flexibility index (Phi) is 3.63. The van der Waals surface area contributed by atoms with E-state index in [1.54, 1.807) is 0 Å². The van der Waals surface area contributed by atoms with Crippen LogP contribution in [-0.4, -0.2) is 23.1 Å². The summed E-state index contributed by atoms with van der Waals surface area (Å²) < 4.78 is 7.61. The van der Waals surface area contributed by atoms with Crippen molar-refractivity contribution < 1.29 is 9.53 Å². The Hall–Kier alpha value is -1.97. The van der Waals surface area contributed by atoms with E-state index in [4.69, 9.17) is 4.74 Å². The molecule has 1 aliphatic carbocycles. The first kappa shape index (κ1) is 13.0. The van der Waals surface area contributed by atoms with Crippen molar-refractivity contribution in [3.63, 3.8) is 0 Å². The molecule has 1 heterocycles. The molecule has 1 N–H and O–H groups in total. The van der Waals surface area contributed by atoms with Crippen LogP contribution in [0.4, 0.5) is 0 Å². The molecule has 0 unspecified atom stereocenters. The molecular weight excluding hydrogens is 252 g/mol. The summed E-state index contributed by atoms with van der Waals surface area (Å²) in [6.07, 6.45) is 5.20. The first-order valence-electron chi connectivity index (χ1n) is 7.27. The van der Waals surface area contributed by atoms with Crippen molar-refractivity contribution in [3.05, 3.63) is 30.5 Å². The molecule has 1 fully saturated rings. The number of benzene rings is 1. The van der Waals surface area contributed by atoms with Crippen LogP contribution in [0.15, 0.2) is 30.5 Å². The van der Waals surface area contributed by atoms with E-state index in [0.717, 1.165) is 42.5 Å². The highest BCUT2D eigenvalue weighted by molar-refractivity contribution is 5.84. The van der Waals surface area contributed by atoms with Crippen LogP contribution in [-0.2, 0) is 11.3 Å². The number of nitrogens with zero attached hydrogens (tertiary/aromatic N) is 1. The molecule has 1 amide bonds. The fraction of sp³-hybridized carbons (Fsp3) is 0.438. The lowest BCUT2D eigenvalue weighted by atomic mass is 10.2. The fourth-order valence-corrected chi connectivity index (χ4v) is 2.28. The summed E-state index contributed by atoms with van der Waals surface area (Å²) in [5, 5.41) is 4.12. The van der Waals surface area contributed by atoms with Gasteiger partial charge in [-0.2, -0.15) is 0 Å². The van der Waals surface area contributed by atoms with Crippen molar-refractivity contribution in [2.75, 3.05) is 6.61 Å². The van der Waals surface area contributed by atoms with Crippen molar-refractivity contribution in [2.24, 2.45) is 0 Å². The first-order valence-corrected chi connectivity index (χ1v) is 7.27. The second-order valence-corrected chi connectivity index (χ2v) is 5.35. The van der Waals surface area contributed by atoms with Gasteiger partial charge in [-0.15, -0.1) is 0 Å². The number of carbonyl (C=O) groups excluding carboxylic acids is 1. The number of hydrogen-bond acceptors (Lipinski definition) is 2. The summed E-state index contributed by atoms with van der Waals surface area (Å²) in [6.45, 7) is 3.21. The maximum atomic E-state index is 11.9. The number of aromatic nitrogens is 1. The van der Waals surface area contributed by atoms with E-state index in [2.05, 4.69) is 12.2 Å². The number of fused-ring (bicyclic) bond motifs is 1. The van der Waals surface area contributed by atoms with Crippen LogP contribution in [0.25, 0.3) is 10.9 Å². The van der Waals surface area contributed by atoms with Gasteiger partial charge in [-0.1, -0.05) is 6.92 Å². The molecule has 1 saturated carbocycles. The summed E-state index contributed by atoms with van der Waals surface area (Å²) in [6, 6.07) is 8.45. The number of carbonyl (C=O) groups is 1. The molecule has 1 aromatic heterocycles. The van der Waals surface area contributed by atoms with Gasteiger partial charge in [-0.05, 0) is 43.5 Å². The van der Waals surface area contributed by atoms with Crippen LogP contribution >= 0.6 is 0 Å². The second-order valence-electron chi connectivity index (χ2n) is 5.35. The zero-order chi connectivity index (χ0) is 13.9. The van der Waals surface area contributed by atoms with E-state index in [0.29, 0.717) is 12.6 Å². The Labute approximate surface area is 118 Å². The zero-order valence-corrected chi connectivity index (χ0v) is 11.8. The molecule has 106 valence electrons. The summed E-state index contributed by atoms with van der Waals surface area (Å²) >= 11 is 0. The Morgan fingerprint density at radius 3 is 3.00 bits per heavy atom. The minimum absolute atomic E-state index is 0.0938. The Morgan fingerprint density at radius 1 is 1.40 bits per heavy atom. The molecule has 0 saturated heterocycles. The third kappa shape index (κ3) is 2.95. The van der Waals surface area contributed by atoms with Crippen LogP contribution in [0.1, 0.15) is 26.2 Å². The third-order valence-electron chi connectivity index (χ3n) is 3.47.